The second-order valence-corrected chi connectivity index (χ2v) is 7.16. The Balaban J connectivity index is 2.16. The molecule has 0 unspecified atom stereocenters. The predicted molar refractivity (Wildman–Crippen MR) is 79.6 cm³/mol. The molecule has 0 aromatic heterocycles. The topological polar surface area (TPSA) is 70.4 Å². The molecule has 1 fully saturated rings. The first-order valence-corrected chi connectivity index (χ1v) is 8.62. The van der Waals surface area contributed by atoms with Gasteiger partial charge in [0, 0.05) is 19.7 Å². The van der Waals surface area contributed by atoms with Crippen LogP contribution in [0.5, 0.6) is 0 Å². The zero-order valence-electron chi connectivity index (χ0n) is 11.8. The van der Waals surface area contributed by atoms with Crippen molar-refractivity contribution in [3.05, 3.63) is 28.8 Å². The van der Waals surface area contributed by atoms with Gasteiger partial charge in [-0.3, -0.25) is 0 Å². The number of piperidine rings is 1. The van der Waals surface area contributed by atoms with Crippen molar-refractivity contribution >= 4 is 21.6 Å². The monoisotopic (exact) mass is 328 g/mol. The first-order valence-electron chi connectivity index (χ1n) is 6.80. The van der Waals surface area contributed by atoms with Crippen molar-refractivity contribution in [1.29, 1.82) is 5.26 Å². The molecule has 1 heterocycles. The number of halogens is 1. The molecule has 0 aliphatic carbocycles. The second kappa shape index (κ2) is 6.75. The van der Waals surface area contributed by atoms with Gasteiger partial charge in [-0.1, -0.05) is 11.6 Å². The van der Waals surface area contributed by atoms with Gasteiger partial charge in [-0.2, -0.15) is 9.57 Å². The van der Waals surface area contributed by atoms with Gasteiger partial charge in [-0.25, -0.2) is 8.42 Å². The fourth-order valence-electron chi connectivity index (χ4n) is 2.37. The van der Waals surface area contributed by atoms with Gasteiger partial charge in [-0.15, -0.1) is 0 Å². The molecule has 1 aromatic carbocycles. The molecule has 2 rings (SSSR count). The molecule has 0 saturated carbocycles. The average Bonchev–Trinajstić information content (AvgIpc) is 2.48. The Labute approximate surface area is 130 Å². The Kier molecular flexibility index (Phi) is 5.22. The minimum absolute atomic E-state index is 0.126. The van der Waals surface area contributed by atoms with Crippen LogP contribution in [0.3, 0.4) is 0 Å². The van der Waals surface area contributed by atoms with Crippen molar-refractivity contribution in [3.63, 3.8) is 0 Å². The molecule has 5 nitrogen and oxygen atoms in total. The zero-order valence-corrected chi connectivity index (χ0v) is 13.3. The lowest BCUT2D eigenvalue weighted by molar-refractivity contribution is 0.0290. The van der Waals surface area contributed by atoms with Crippen LogP contribution in [-0.2, 0) is 14.8 Å². The molecule has 0 amide bonds. The third-order valence-corrected chi connectivity index (χ3v) is 5.71. The van der Waals surface area contributed by atoms with Gasteiger partial charge in [0.05, 0.1) is 21.6 Å². The number of benzene rings is 1. The molecule has 0 radical (unpaired) electrons. The van der Waals surface area contributed by atoms with E-state index in [-0.39, 0.29) is 21.6 Å². The van der Waals surface area contributed by atoms with Crippen molar-refractivity contribution in [2.75, 3.05) is 19.7 Å². The summed E-state index contributed by atoms with van der Waals surface area (Å²) in [4.78, 5) is 0.126. The Bertz CT molecular complexity index is 647. The van der Waals surface area contributed by atoms with Crippen LogP contribution in [0.25, 0.3) is 0 Å². The maximum Gasteiger partial charge on any atom is 0.243 e. The van der Waals surface area contributed by atoms with E-state index in [0.717, 1.165) is 0 Å². The van der Waals surface area contributed by atoms with E-state index in [2.05, 4.69) is 0 Å². The van der Waals surface area contributed by atoms with Crippen molar-refractivity contribution in [2.45, 2.75) is 30.8 Å². The second-order valence-electron chi connectivity index (χ2n) is 4.81. The van der Waals surface area contributed by atoms with Crippen molar-refractivity contribution in [1.82, 2.24) is 4.31 Å². The highest BCUT2D eigenvalue weighted by Gasteiger charge is 2.29. The summed E-state index contributed by atoms with van der Waals surface area (Å²) in [5.74, 6) is 0. The van der Waals surface area contributed by atoms with Gasteiger partial charge in [-0.05, 0) is 38.0 Å². The molecule has 1 aliphatic heterocycles. The van der Waals surface area contributed by atoms with Gasteiger partial charge in [0.25, 0.3) is 0 Å². The Morgan fingerprint density at radius 1 is 1.43 bits per heavy atom. The van der Waals surface area contributed by atoms with E-state index >= 15 is 0 Å². The van der Waals surface area contributed by atoms with Crippen LogP contribution in [0.4, 0.5) is 0 Å². The van der Waals surface area contributed by atoms with E-state index in [1.165, 1.54) is 22.5 Å². The Morgan fingerprint density at radius 2 is 2.10 bits per heavy atom. The predicted octanol–water partition coefficient (Wildman–Crippen LogP) is 2.40. The SMILES string of the molecule is CCOC1CCN(S(=O)(=O)c2ccc(C#N)c(Cl)c2)CC1. The van der Waals surface area contributed by atoms with Crippen LogP contribution in [-0.4, -0.2) is 38.5 Å². The maximum atomic E-state index is 12.5. The molecule has 0 bridgehead atoms. The molecular formula is C14H17ClN2O3S. The summed E-state index contributed by atoms with van der Waals surface area (Å²) in [5, 5.41) is 8.99. The molecule has 1 aliphatic rings. The molecular weight excluding hydrogens is 312 g/mol. The molecule has 1 saturated heterocycles. The third-order valence-electron chi connectivity index (χ3n) is 3.50. The molecule has 0 spiro atoms. The fourth-order valence-corrected chi connectivity index (χ4v) is 4.15. The largest absolute Gasteiger partial charge is 0.378 e. The van der Waals surface area contributed by atoms with E-state index < -0.39 is 10.0 Å². The van der Waals surface area contributed by atoms with E-state index in [0.29, 0.717) is 32.5 Å². The van der Waals surface area contributed by atoms with E-state index in [4.69, 9.17) is 21.6 Å². The minimum Gasteiger partial charge on any atom is -0.378 e. The Hall–Kier alpha value is -1.13. The van der Waals surface area contributed by atoms with Gasteiger partial charge >= 0.3 is 0 Å². The number of ether oxygens (including phenoxy) is 1. The molecule has 0 N–H and O–H groups in total. The lowest BCUT2D eigenvalue weighted by atomic mass is 10.1. The van der Waals surface area contributed by atoms with Crippen molar-refractivity contribution < 1.29 is 13.2 Å². The number of nitrogens with zero attached hydrogens (tertiary/aromatic N) is 2. The van der Waals surface area contributed by atoms with Crippen LogP contribution in [0.15, 0.2) is 23.1 Å². The minimum atomic E-state index is -3.56. The summed E-state index contributed by atoms with van der Waals surface area (Å²) in [5.41, 5.74) is 0.269. The van der Waals surface area contributed by atoms with Crippen LogP contribution in [0, 0.1) is 11.3 Å². The standard InChI is InChI=1S/C14H17ClN2O3S/c1-2-20-12-5-7-17(8-6-12)21(18,19)13-4-3-11(10-16)14(15)9-13/h3-4,9,12H,2,5-8H2,1H3. The van der Waals surface area contributed by atoms with Gasteiger partial charge in [0.2, 0.25) is 10.0 Å². The zero-order chi connectivity index (χ0) is 15.5. The normalized spacial score (nSPS) is 17.6. The van der Waals surface area contributed by atoms with Crippen LogP contribution < -0.4 is 0 Å². The Morgan fingerprint density at radius 3 is 2.62 bits per heavy atom. The average molecular weight is 329 g/mol. The lowest BCUT2D eigenvalue weighted by Gasteiger charge is -2.31. The number of nitriles is 1. The number of hydrogen-bond acceptors (Lipinski definition) is 4. The van der Waals surface area contributed by atoms with Gasteiger partial charge < -0.3 is 4.74 Å². The quantitative estimate of drug-likeness (QED) is 0.851. The summed E-state index contributed by atoms with van der Waals surface area (Å²) in [6.45, 7) is 3.44. The smallest absolute Gasteiger partial charge is 0.243 e. The number of rotatable bonds is 4. The first kappa shape index (κ1) is 16.2. The molecule has 21 heavy (non-hydrogen) atoms. The summed E-state index contributed by atoms with van der Waals surface area (Å²) in [7, 11) is -3.56. The molecule has 0 atom stereocenters. The van der Waals surface area contributed by atoms with E-state index in [1.807, 2.05) is 13.0 Å². The fraction of sp³-hybridized carbons (Fsp3) is 0.500. The molecule has 7 heteroatoms. The highest BCUT2D eigenvalue weighted by Crippen LogP contribution is 2.25. The molecule has 1 aromatic rings. The van der Waals surface area contributed by atoms with Gasteiger partial charge in [0.1, 0.15) is 6.07 Å². The van der Waals surface area contributed by atoms with Crippen molar-refractivity contribution in [3.8, 4) is 6.07 Å². The maximum absolute atomic E-state index is 12.5. The lowest BCUT2D eigenvalue weighted by Crippen LogP contribution is -2.40. The van der Waals surface area contributed by atoms with Crippen molar-refractivity contribution in [2.24, 2.45) is 0 Å². The van der Waals surface area contributed by atoms with Crippen LogP contribution in [0.1, 0.15) is 25.3 Å². The summed E-state index contributed by atoms with van der Waals surface area (Å²) in [6, 6.07) is 6.11. The first-order chi connectivity index (χ1) is 9.98. The van der Waals surface area contributed by atoms with E-state index in [1.54, 1.807) is 0 Å². The molecule has 114 valence electrons. The summed E-state index contributed by atoms with van der Waals surface area (Å²) >= 11 is 5.91. The van der Waals surface area contributed by atoms with Crippen LogP contribution in [0.2, 0.25) is 5.02 Å². The van der Waals surface area contributed by atoms with Gasteiger partial charge in [0.15, 0.2) is 0 Å². The van der Waals surface area contributed by atoms with Crippen LogP contribution >= 0.6 is 11.6 Å². The van der Waals surface area contributed by atoms with E-state index in [9.17, 15) is 8.42 Å². The summed E-state index contributed by atoms with van der Waals surface area (Å²) < 4.78 is 32.1. The highest BCUT2D eigenvalue weighted by molar-refractivity contribution is 7.89. The highest BCUT2D eigenvalue weighted by atomic mass is 35.5. The number of sulfonamides is 1. The third kappa shape index (κ3) is 3.55. The summed E-state index contributed by atoms with van der Waals surface area (Å²) in [6.07, 6.45) is 1.51. The number of hydrogen-bond donors (Lipinski definition) is 0.